The van der Waals surface area contributed by atoms with E-state index in [1.165, 1.54) is 0 Å². The minimum Gasteiger partial charge on any atom is -0.497 e. The molecule has 0 saturated heterocycles. The van der Waals surface area contributed by atoms with Gasteiger partial charge in [0.1, 0.15) is 11.5 Å². The van der Waals surface area contributed by atoms with E-state index in [0.29, 0.717) is 6.54 Å². The molecule has 0 aliphatic heterocycles. The second-order valence-electron chi connectivity index (χ2n) is 6.26. The van der Waals surface area contributed by atoms with Crippen LogP contribution >= 0.6 is 0 Å². The van der Waals surface area contributed by atoms with Crippen LogP contribution in [0.1, 0.15) is 24.0 Å². The first-order valence-corrected chi connectivity index (χ1v) is 8.59. The van der Waals surface area contributed by atoms with Crippen molar-refractivity contribution in [2.75, 3.05) is 14.2 Å². The van der Waals surface area contributed by atoms with Crippen molar-refractivity contribution >= 4 is 16.7 Å². The molecule has 0 bridgehead atoms. The third kappa shape index (κ3) is 3.97. The number of rotatable bonds is 6. The Kier molecular flexibility index (Phi) is 5.42. The normalized spacial score (nSPS) is 11.8. The summed E-state index contributed by atoms with van der Waals surface area (Å²) < 4.78 is 10.4. The summed E-state index contributed by atoms with van der Waals surface area (Å²) in [5, 5.41) is 5.19. The van der Waals surface area contributed by atoms with Crippen LogP contribution in [0, 0.1) is 0 Å². The minimum atomic E-state index is -0.222. The minimum absolute atomic E-state index is 0.00804. The van der Waals surface area contributed by atoms with Gasteiger partial charge in [-0.3, -0.25) is 4.79 Å². The zero-order chi connectivity index (χ0) is 18.5. The molecule has 1 amide bonds. The van der Waals surface area contributed by atoms with Gasteiger partial charge in [0.05, 0.1) is 20.1 Å². The molecular formula is C22H23NO3. The highest BCUT2D eigenvalue weighted by atomic mass is 16.5. The van der Waals surface area contributed by atoms with Crippen molar-refractivity contribution in [3.63, 3.8) is 0 Å². The Bertz CT molecular complexity index is 903. The molecule has 3 aromatic rings. The van der Waals surface area contributed by atoms with E-state index < -0.39 is 0 Å². The largest absolute Gasteiger partial charge is 0.497 e. The molecule has 1 atom stereocenters. The summed E-state index contributed by atoms with van der Waals surface area (Å²) in [7, 11) is 3.29. The molecule has 3 rings (SSSR count). The van der Waals surface area contributed by atoms with Gasteiger partial charge in [0.25, 0.3) is 0 Å². The van der Waals surface area contributed by atoms with Crippen molar-refractivity contribution < 1.29 is 14.3 Å². The maximum Gasteiger partial charge on any atom is 0.227 e. The van der Waals surface area contributed by atoms with Crippen molar-refractivity contribution in [1.82, 2.24) is 5.32 Å². The Balaban J connectivity index is 1.68. The van der Waals surface area contributed by atoms with Gasteiger partial charge in [0.2, 0.25) is 5.91 Å². The van der Waals surface area contributed by atoms with Gasteiger partial charge in [0.15, 0.2) is 0 Å². The lowest BCUT2D eigenvalue weighted by molar-refractivity contribution is -0.122. The number of hydrogen-bond acceptors (Lipinski definition) is 3. The summed E-state index contributed by atoms with van der Waals surface area (Å²) in [6, 6.07) is 19.7. The molecular weight excluding hydrogens is 326 g/mol. The van der Waals surface area contributed by atoms with Crippen molar-refractivity contribution in [1.29, 1.82) is 0 Å². The van der Waals surface area contributed by atoms with E-state index in [1.54, 1.807) is 14.2 Å². The number of nitrogens with one attached hydrogen (secondary N) is 1. The van der Waals surface area contributed by atoms with Gasteiger partial charge >= 0.3 is 0 Å². The highest BCUT2D eigenvalue weighted by Gasteiger charge is 2.15. The van der Waals surface area contributed by atoms with Crippen LogP contribution in [0.15, 0.2) is 60.7 Å². The Morgan fingerprint density at radius 1 is 0.885 bits per heavy atom. The summed E-state index contributed by atoms with van der Waals surface area (Å²) in [5.74, 6) is 1.42. The van der Waals surface area contributed by atoms with Gasteiger partial charge in [0, 0.05) is 6.54 Å². The van der Waals surface area contributed by atoms with E-state index in [9.17, 15) is 4.79 Å². The molecule has 3 aromatic carbocycles. The highest BCUT2D eigenvalue weighted by molar-refractivity contribution is 5.88. The smallest absolute Gasteiger partial charge is 0.227 e. The van der Waals surface area contributed by atoms with Gasteiger partial charge in [-0.05, 0) is 53.1 Å². The van der Waals surface area contributed by atoms with E-state index in [4.69, 9.17) is 9.47 Å². The molecule has 26 heavy (non-hydrogen) atoms. The zero-order valence-electron chi connectivity index (χ0n) is 15.3. The number of amides is 1. The molecule has 0 saturated carbocycles. The van der Waals surface area contributed by atoms with Crippen LogP contribution in [0.3, 0.4) is 0 Å². The van der Waals surface area contributed by atoms with Gasteiger partial charge in [-0.1, -0.05) is 36.4 Å². The third-order valence-electron chi connectivity index (χ3n) is 4.59. The maximum atomic E-state index is 12.5. The maximum absolute atomic E-state index is 12.5. The lowest BCUT2D eigenvalue weighted by Gasteiger charge is -2.14. The van der Waals surface area contributed by atoms with E-state index in [0.717, 1.165) is 33.4 Å². The molecule has 4 heteroatoms. The van der Waals surface area contributed by atoms with Gasteiger partial charge in [-0.25, -0.2) is 0 Å². The van der Waals surface area contributed by atoms with Crippen molar-refractivity contribution in [3.8, 4) is 11.5 Å². The van der Waals surface area contributed by atoms with E-state index in [2.05, 4.69) is 11.4 Å². The number of fused-ring (bicyclic) bond motifs is 1. The van der Waals surface area contributed by atoms with Crippen LogP contribution in [0.25, 0.3) is 10.8 Å². The molecule has 0 aliphatic carbocycles. The Morgan fingerprint density at radius 2 is 1.50 bits per heavy atom. The fraction of sp³-hybridized carbons (Fsp3) is 0.227. The molecule has 0 aliphatic rings. The van der Waals surface area contributed by atoms with Crippen molar-refractivity contribution in [2.24, 2.45) is 0 Å². The van der Waals surface area contributed by atoms with Crippen LogP contribution in [-0.4, -0.2) is 20.1 Å². The summed E-state index contributed by atoms with van der Waals surface area (Å²) in [6.45, 7) is 2.42. The predicted octanol–water partition coefficient (Wildman–Crippen LogP) is 4.28. The first-order chi connectivity index (χ1) is 12.6. The lowest BCUT2D eigenvalue weighted by Crippen LogP contribution is -2.27. The van der Waals surface area contributed by atoms with Gasteiger partial charge < -0.3 is 14.8 Å². The number of ether oxygens (including phenoxy) is 2. The number of hydrogen-bond donors (Lipinski definition) is 1. The second-order valence-corrected chi connectivity index (χ2v) is 6.26. The van der Waals surface area contributed by atoms with Gasteiger partial charge in [-0.15, -0.1) is 0 Å². The fourth-order valence-corrected chi connectivity index (χ4v) is 2.88. The molecule has 134 valence electrons. The van der Waals surface area contributed by atoms with Crippen LogP contribution in [-0.2, 0) is 11.3 Å². The fourth-order valence-electron chi connectivity index (χ4n) is 2.88. The monoisotopic (exact) mass is 349 g/mol. The molecule has 0 spiro atoms. The molecule has 0 unspecified atom stereocenters. The molecule has 1 N–H and O–H groups in total. The van der Waals surface area contributed by atoms with Crippen molar-refractivity contribution in [2.45, 2.75) is 19.4 Å². The Labute approximate surface area is 153 Å². The molecule has 0 heterocycles. The first-order valence-electron chi connectivity index (χ1n) is 8.59. The number of carbonyl (C=O) groups is 1. The lowest BCUT2D eigenvalue weighted by atomic mass is 9.97. The molecule has 0 radical (unpaired) electrons. The van der Waals surface area contributed by atoms with Crippen molar-refractivity contribution in [3.05, 3.63) is 71.8 Å². The van der Waals surface area contributed by atoms with Crippen LogP contribution in [0.5, 0.6) is 11.5 Å². The highest BCUT2D eigenvalue weighted by Crippen LogP contribution is 2.25. The summed E-state index contributed by atoms with van der Waals surface area (Å²) in [4.78, 5) is 12.5. The molecule has 0 fully saturated rings. The average molecular weight is 349 g/mol. The first kappa shape index (κ1) is 17.8. The van der Waals surface area contributed by atoms with Gasteiger partial charge in [-0.2, -0.15) is 0 Å². The van der Waals surface area contributed by atoms with Crippen LogP contribution in [0.2, 0.25) is 0 Å². The van der Waals surface area contributed by atoms with E-state index >= 15 is 0 Å². The summed E-state index contributed by atoms with van der Waals surface area (Å²) in [5.41, 5.74) is 2.03. The summed E-state index contributed by atoms with van der Waals surface area (Å²) >= 11 is 0. The molecule has 4 nitrogen and oxygen atoms in total. The number of methoxy groups -OCH3 is 2. The van der Waals surface area contributed by atoms with Crippen LogP contribution < -0.4 is 14.8 Å². The van der Waals surface area contributed by atoms with E-state index in [1.807, 2.05) is 61.5 Å². The number of carbonyl (C=O) groups excluding carboxylic acids is 1. The topological polar surface area (TPSA) is 47.6 Å². The van der Waals surface area contributed by atoms with Crippen LogP contribution in [0.4, 0.5) is 0 Å². The third-order valence-corrected chi connectivity index (χ3v) is 4.59. The SMILES string of the molecule is COc1ccc(CNC(=O)[C@H](C)c2ccc3cc(OC)ccc3c2)cc1. The summed E-state index contributed by atoms with van der Waals surface area (Å²) in [6.07, 6.45) is 0. The Morgan fingerprint density at radius 3 is 2.19 bits per heavy atom. The predicted molar refractivity (Wildman–Crippen MR) is 104 cm³/mol. The van der Waals surface area contributed by atoms with E-state index in [-0.39, 0.29) is 11.8 Å². The standard InChI is InChI=1S/C22H23NO3/c1-15(22(24)23-14-16-4-9-20(25-2)10-5-16)17-6-7-19-13-21(26-3)11-8-18(19)12-17/h4-13,15H,14H2,1-3H3,(H,23,24)/t15-/m1/s1. The average Bonchev–Trinajstić information content (AvgIpc) is 2.70. The Hall–Kier alpha value is -3.01. The molecule has 0 aromatic heterocycles. The quantitative estimate of drug-likeness (QED) is 0.723. The number of benzene rings is 3. The zero-order valence-corrected chi connectivity index (χ0v) is 15.3. The second kappa shape index (κ2) is 7.91.